The van der Waals surface area contributed by atoms with Crippen molar-refractivity contribution in [3.8, 4) is 0 Å². The molecule has 0 aromatic carbocycles. The van der Waals surface area contributed by atoms with E-state index in [2.05, 4.69) is 16.9 Å². The zero-order chi connectivity index (χ0) is 15.4. The maximum atomic E-state index is 11.4. The third-order valence-corrected chi connectivity index (χ3v) is 4.82. The molecule has 0 atom stereocenters. The van der Waals surface area contributed by atoms with E-state index in [-0.39, 0.29) is 11.5 Å². The first-order chi connectivity index (χ1) is 9.46. The largest absolute Gasteiger partial charge is 0.355 e. The van der Waals surface area contributed by atoms with Gasteiger partial charge in [-0.1, -0.05) is 19.4 Å². The number of hydrogen-bond donors (Lipinski definition) is 1. The number of unbranched alkanes of at least 4 members (excludes halogenated alkanes) is 3. The Hall–Kier alpha value is -1.04. The van der Waals surface area contributed by atoms with Gasteiger partial charge < -0.3 is 10.2 Å². The molecule has 0 unspecified atom stereocenters. The van der Waals surface area contributed by atoms with Gasteiger partial charge >= 0.3 is 0 Å². The van der Waals surface area contributed by atoms with Crippen LogP contribution in [-0.2, 0) is 9.84 Å². The Morgan fingerprint density at radius 3 is 2.60 bits per heavy atom. The van der Waals surface area contributed by atoms with Gasteiger partial charge in [-0.2, -0.15) is 0 Å². The van der Waals surface area contributed by atoms with Crippen LogP contribution in [-0.4, -0.2) is 58.0 Å². The van der Waals surface area contributed by atoms with Crippen LogP contribution < -0.4 is 5.32 Å². The van der Waals surface area contributed by atoms with Gasteiger partial charge in [-0.15, -0.1) is 6.58 Å². The first-order valence-corrected chi connectivity index (χ1v) is 9.02. The van der Waals surface area contributed by atoms with E-state index in [1.165, 1.54) is 0 Å². The van der Waals surface area contributed by atoms with Crippen molar-refractivity contribution in [3.63, 3.8) is 0 Å². The molecule has 20 heavy (non-hydrogen) atoms. The van der Waals surface area contributed by atoms with Crippen molar-refractivity contribution in [1.82, 2.24) is 10.2 Å². The summed E-state index contributed by atoms with van der Waals surface area (Å²) in [6, 6.07) is 0. The van der Waals surface area contributed by atoms with Crippen molar-refractivity contribution in [1.29, 1.82) is 0 Å². The van der Waals surface area contributed by atoms with Gasteiger partial charge in [0, 0.05) is 32.9 Å². The first-order valence-electron chi connectivity index (χ1n) is 7.20. The van der Waals surface area contributed by atoms with Gasteiger partial charge in [0.15, 0.2) is 15.8 Å². The van der Waals surface area contributed by atoms with Crippen molar-refractivity contribution in [2.45, 2.75) is 32.6 Å². The van der Waals surface area contributed by atoms with Crippen LogP contribution in [0.3, 0.4) is 0 Å². The number of nitrogens with one attached hydrogen (secondary N) is 1. The molecule has 0 radical (unpaired) electrons. The highest BCUT2D eigenvalue weighted by Crippen LogP contribution is 2.01. The van der Waals surface area contributed by atoms with E-state index >= 15 is 0 Å². The molecule has 0 amide bonds. The molecule has 0 rings (SSSR count). The molecule has 0 aliphatic carbocycles. The lowest BCUT2D eigenvalue weighted by atomic mass is 10.2. The SMILES string of the molecule is C=CCCCCCN(C)C(=NC)NCCS(=O)(=O)CC. The zero-order valence-corrected chi connectivity index (χ0v) is 13.9. The highest BCUT2D eigenvalue weighted by Gasteiger charge is 2.09. The van der Waals surface area contributed by atoms with Gasteiger partial charge in [0.05, 0.1) is 5.75 Å². The van der Waals surface area contributed by atoms with E-state index in [1.807, 2.05) is 18.0 Å². The molecule has 0 heterocycles. The van der Waals surface area contributed by atoms with Gasteiger partial charge in [-0.3, -0.25) is 4.99 Å². The number of allylic oxidation sites excluding steroid dienone is 1. The Morgan fingerprint density at radius 2 is 2.05 bits per heavy atom. The van der Waals surface area contributed by atoms with Gasteiger partial charge in [0.1, 0.15) is 0 Å². The van der Waals surface area contributed by atoms with E-state index < -0.39 is 9.84 Å². The van der Waals surface area contributed by atoms with Crippen LogP contribution in [0.1, 0.15) is 32.6 Å². The zero-order valence-electron chi connectivity index (χ0n) is 13.1. The lowest BCUT2D eigenvalue weighted by molar-refractivity contribution is 0.456. The smallest absolute Gasteiger partial charge is 0.193 e. The van der Waals surface area contributed by atoms with E-state index in [4.69, 9.17) is 0 Å². The summed E-state index contributed by atoms with van der Waals surface area (Å²) in [4.78, 5) is 6.20. The van der Waals surface area contributed by atoms with Gasteiger partial charge in [-0.25, -0.2) is 8.42 Å². The second-order valence-electron chi connectivity index (χ2n) is 4.77. The van der Waals surface area contributed by atoms with Crippen LogP contribution in [0.4, 0.5) is 0 Å². The summed E-state index contributed by atoms with van der Waals surface area (Å²) < 4.78 is 22.8. The van der Waals surface area contributed by atoms with E-state index in [0.29, 0.717) is 6.54 Å². The van der Waals surface area contributed by atoms with Crippen molar-refractivity contribution in [2.24, 2.45) is 4.99 Å². The fraction of sp³-hybridized carbons (Fsp3) is 0.786. The Balaban J connectivity index is 3.98. The molecular formula is C14H29N3O2S. The lowest BCUT2D eigenvalue weighted by Gasteiger charge is -2.22. The molecule has 5 nitrogen and oxygen atoms in total. The van der Waals surface area contributed by atoms with Crippen LogP contribution >= 0.6 is 0 Å². The van der Waals surface area contributed by atoms with Crippen LogP contribution in [0.25, 0.3) is 0 Å². The Morgan fingerprint density at radius 1 is 1.35 bits per heavy atom. The second kappa shape index (κ2) is 10.7. The van der Waals surface area contributed by atoms with Crippen LogP contribution in [0.2, 0.25) is 0 Å². The topological polar surface area (TPSA) is 61.8 Å². The molecular weight excluding hydrogens is 274 g/mol. The fourth-order valence-electron chi connectivity index (χ4n) is 1.77. The number of sulfone groups is 1. The van der Waals surface area contributed by atoms with E-state index in [9.17, 15) is 8.42 Å². The summed E-state index contributed by atoms with van der Waals surface area (Å²) >= 11 is 0. The monoisotopic (exact) mass is 303 g/mol. The maximum Gasteiger partial charge on any atom is 0.193 e. The van der Waals surface area contributed by atoms with Crippen LogP contribution in [0, 0.1) is 0 Å². The number of nitrogens with zero attached hydrogens (tertiary/aromatic N) is 2. The third kappa shape index (κ3) is 8.96. The van der Waals surface area contributed by atoms with E-state index in [0.717, 1.165) is 38.2 Å². The molecule has 0 aromatic heterocycles. The molecule has 6 heteroatoms. The standard InChI is InChI=1S/C14H29N3O2S/c1-5-7-8-9-10-12-17(4)14(15-3)16-11-13-20(18,19)6-2/h5H,1,6-13H2,2-4H3,(H,15,16). The van der Waals surface area contributed by atoms with Crippen molar-refractivity contribution in [2.75, 3.05) is 38.7 Å². The van der Waals surface area contributed by atoms with Crippen LogP contribution in [0.15, 0.2) is 17.6 Å². The maximum absolute atomic E-state index is 11.4. The highest BCUT2D eigenvalue weighted by molar-refractivity contribution is 7.91. The first kappa shape index (κ1) is 19.0. The second-order valence-corrected chi connectivity index (χ2v) is 7.24. The van der Waals surface area contributed by atoms with Crippen molar-refractivity contribution >= 4 is 15.8 Å². The number of hydrogen-bond acceptors (Lipinski definition) is 3. The minimum absolute atomic E-state index is 0.149. The average Bonchev–Trinajstić information content (AvgIpc) is 2.43. The predicted molar refractivity (Wildman–Crippen MR) is 87.0 cm³/mol. The quantitative estimate of drug-likeness (QED) is 0.289. The summed E-state index contributed by atoms with van der Waals surface area (Å²) in [5.41, 5.74) is 0. The normalized spacial score (nSPS) is 12.2. The third-order valence-electron chi connectivity index (χ3n) is 3.11. The summed E-state index contributed by atoms with van der Waals surface area (Å²) in [5, 5.41) is 3.09. The fourth-order valence-corrected chi connectivity index (χ4v) is 2.47. The number of guanidine groups is 1. The minimum atomic E-state index is -2.92. The molecule has 1 N–H and O–H groups in total. The highest BCUT2D eigenvalue weighted by atomic mass is 32.2. The molecule has 0 aliphatic heterocycles. The van der Waals surface area contributed by atoms with Crippen LogP contribution in [0.5, 0.6) is 0 Å². The molecule has 0 bridgehead atoms. The summed E-state index contributed by atoms with van der Waals surface area (Å²) in [6.07, 6.45) is 6.43. The number of rotatable bonds is 10. The Labute approximate surface area is 124 Å². The molecule has 0 aromatic rings. The lowest BCUT2D eigenvalue weighted by Crippen LogP contribution is -2.41. The molecule has 0 aliphatic rings. The summed E-state index contributed by atoms with van der Waals surface area (Å²) in [7, 11) is 0.761. The predicted octanol–water partition coefficient (Wildman–Crippen LogP) is 1.67. The van der Waals surface area contributed by atoms with Gasteiger partial charge in [0.2, 0.25) is 0 Å². The number of aliphatic imine (C=N–C) groups is 1. The molecule has 118 valence electrons. The van der Waals surface area contributed by atoms with Gasteiger partial charge in [-0.05, 0) is 19.3 Å². The van der Waals surface area contributed by atoms with Crippen molar-refractivity contribution < 1.29 is 8.42 Å². The van der Waals surface area contributed by atoms with Gasteiger partial charge in [0.25, 0.3) is 0 Å². The molecule has 0 saturated carbocycles. The van der Waals surface area contributed by atoms with Crippen molar-refractivity contribution in [3.05, 3.63) is 12.7 Å². The molecule has 0 saturated heterocycles. The Kier molecular flexibility index (Phi) is 10.2. The average molecular weight is 303 g/mol. The Bertz CT molecular complexity index is 391. The summed E-state index contributed by atoms with van der Waals surface area (Å²) in [6.45, 7) is 6.69. The molecule has 0 fully saturated rings. The van der Waals surface area contributed by atoms with E-state index in [1.54, 1.807) is 14.0 Å². The molecule has 0 spiro atoms. The minimum Gasteiger partial charge on any atom is -0.355 e. The summed E-state index contributed by atoms with van der Waals surface area (Å²) in [5.74, 6) is 1.09.